The van der Waals surface area contributed by atoms with Crippen LogP contribution in [0, 0.1) is 47.1 Å². The monoisotopic (exact) mass is 446 g/mol. The molecule has 3 rings (SSSR count). The summed E-state index contributed by atoms with van der Waals surface area (Å²) in [7, 11) is 0. The van der Waals surface area contributed by atoms with E-state index in [4.69, 9.17) is 11.6 Å². The topological polar surface area (TPSA) is 0 Å². The van der Waals surface area contributed by atoms with E-state index in [1.165, 1.54) is 57.1 Å². The molecule has 0 unspecified atom stereocenters. The lowest BCUT2D eigenvalue weighted by atomic mass is 9.78. The molecule has 0 radical (unpaired) electrons. The van der Waals surface area contributed by atoms with Crippen LogP contribution in [0.25, 0.3) is 0 Å². The van der Waals surface area contributed by atoms with E-state index in [0.717, 1.165) is 50.0 Å². The minimum Gasteiger partial charge on any atom is -0.206 e. The van der Waals surface area contributed by atoms with Gasteiger partial charge in [-0.3, -0.25) is 0 Å². The zero-order valence-electron chi connectivity index (χ0n) is 18.9. The normalized spacial score (nSPS) is 26.6. The number of rotatable bonds is 7. The lowest BCUT2D eigenvalue weighted by molar-refractivity contribution is 0.250. The molecule has 0 bridgehead atoms. The van der Waals surface area contributed by atoms with Crippen LogP contribution in [0.5, 0.6) is 0 Å². The van der Waals surface area contributed by atoms with E-state index in [9.17, 15) is 8.78 Å². The second-order valence-electron chi connectivity index (χ2n) is 9.70. The number of hydrogen-bond donors (Lipinski definition) is 0. The van der Waals surface area contributed by atoms with Crippen LogP contribution in [0.15, 0.2) is 23.7 Å². The Labute approximate surface area is 192 Å². The second kappa shape index (κ2) is 12.6. The predicted octanol–water partition coefficient (Wildman–Crippen LogP) is 8.80. The van der Waals surface area contributed by atoms with Gasteiger partial charge in [0, 0.05) is 11.5 Å². The molecule has 0 nitrogen and oxygen atoms in total. The summed E-state index contributed by atoms with van der Waals surface area (Å²) in [4.78, 5) is 0. The second-order valence-corrected chi connectivity index (χ2v) is 9.95. The smallest absolute Gasteiger partial charge is 0.142 e. The molecule has 0 N–H and O–H groups in total. The van der Waals surface area contributed by atoms with E-state index in [1.54, 1.807) is 5.54 Å². The minimum atomic E-state index is -0.510. The number of benzene rings is 1. The Morgan fingerprint density at radius 1 is 0.935 bits per heavy atom. The maximum Gasteiger partial charge on any atom is 0.142 e. The van der Waals surface area contributed by atoms with Crippen LogP contribution in [0.4, 0.5) is 8.78 Å². The molecule has 2 aliphatic rings. The summed E-state index contributed by atoms with van der Waals surface area (Å²) in [6.07, 6.45) is 17.0. The molecule has 1 aromatic rings. The van der Waals surface area contributed by atoms with Gasteiger partial charge in [-0.15, -0.1) is 0 Å². The average molecular weight is 447 g/mol. The van der Waals surface area contributed by atoms with Crippen molar-refractivity contribution < 1.29 is 8.78 Å². The molecular weight excluding hydrogens is 410 g/mol. The third-order valence-electron chi connectivity index (χ3n) is 7.39. The molecular formula is C28H37ClF2. The quantitative estimate of drug-likeness (QED) is 0.367. The first-order valence-electron chi connectivity index (χ1n) is 12.3. The number of allylic oxidation sites excluding steroid dienone is 1. The fourth-order valence-electron chi connectivity index (χ4n) is 5.29. The number of aryl methyl sites for hydroxylation is 1. The van der Waals surface area contributed by atoms with Crippen LogP contribution in [0.3, 0.4) is 0 Å². The lowest BCUT2D eigenvalue weighted by Crippen LogP contribution is -2.15. The van der Waals surface area contributed by atoms with Crippen molar-refractivity contribution >= 4 is 11.6 Å². The summed E-state index contributed by atoms with van der Waals surface area (Å²) in [5.41, 5.74) is 2.28. The van der Waals surface area contributed by atoms with Crippen molar-refractivity contribution in [2.24, 2.45) is 23.7 Å². The van der Waals surface area contributed by atoms with Crippen molar-refractivity contribution in [3.8, 4) is 11.8 Å². The van der Waals surface area contributed by atoms with E-state index in [1.807, 2.05) is 6.08 Å². The van der Waals surface area contributed by atoms with Gasteiger partial charge in [0.05, 0.1) is 5.56 Å². The Morgan fingerprint density at radius 3 is 2.13 bits per heavy atom. The van der Waals surface area contributed by atoms with Crippen LogP contribution in [-0.2, 0) is 6.42 Å². The van der Waals surface area contributed by atoms with E-state index in [2.05, 4.69) is 18.8 Å². The molecule has 0 atom stereocenters. The summed E-state index contributed by atoms with van der Waals surface area (Å²) in [6.45, 7) is 2.26. The molecule has 0 amide bonds. The molecule has 0 spiro atoms. The van der Waals surface area contributed by atoms with Crippen molar-refractivity contribution in [1.29, 1.82) is 0 Å². The summed E-state index contributed by atoms with van der Waals surface area (Å²) < 4.78 is 29.2. The zero-order valence-corrected chi connectivity index (χ0v) is 19.7. The standard InChI is InChI=1S/C28H37ClF2/c1-2-3-4-21-5-7-22(8-6-21)13-14-25-19-27(30)26(28(31)20-25)16-15-23-9-11-24(12-10-23)17-18-29/h17-24H,2-14H2,1H3. The maximum atomic E-state index is 14.6. The van der Waals surface area contributed by atoms with Crippen LogP contribution in [0.2, 0.25) is 0 Å². The molecule has 31 heavy (non-hydrogen) atoms. The number of hydrogen-bond acceptors (Lipinski definition) is 0. The third-order valence-corrected chi connectivity index (χ3v) is 7.54. The highest BCUT2D eigenvalue weighted by atomic mass is 35.5. The van der Waals surface area contributed by atoms with Gasteiger partial charge in [-0.1, -0.05) is 81.4 Å². The summed E-state index contributed by atoms with van der Waals surface area (Å²) in [5.74, 6) is 7.23. The summed E-state index contributed by atoms with van der Waals surface area (Å²) in [6, 6.07) is 3.00. The molecule has 170 valence electrons. The Hall–Kier alpha value is -1.33. The van der Waals surface area contributed by atoms with Gasteiger partial charge in [0.1, 0.15) is 11.6 Å². The Bertz CT molecular complexity index is 749. The minimum absolute atomic E-state index is 0.0667. The van der Waals surface area contributed by atoms with Crippen LogP contribution in [0.1, 0.15) is 95.1 Å². The van der Waals surface area contributed by atoms with E-state index < -0.39 is 11.6 Å². The fraction of sp³-hybridized carbons (Fsp3) is 0.643. The van der Waals surface area contributed by atoms with Gasteiger partial charge in [-0.2, -0.15) is 0 Å². The Morgan fingerprint density at radius 2 is 1.55 bits per heavy atom. The molecule has 1 aromatic carbocycles. The van der Waals surface area contributed by atoms with E-state index >= 15 is 0 Å². The van der Waals surface area contributed by atoms with Gasteiger partial charge in [-0.25, -0.2) is 8.78 Å². The first kappa shape index (κ1) is 24.3. The molecule has 0 aromatic heterocycles. The van der Waals surface area contributed by atoms with E-state index in [0.29, 0.717) is 11.8 Å². The van der Waals surface area contributed by atoms with Crippen LogP contribution < -0.4 is 0 Å². The van der Waals surface area contributed by atoms with Crippen molar-refractivity contribution in [2.75, 3.05) is 0 Å². The summed E-state index contributed by atoms with van der Waals surface area (Å²) >= 11 is 5.66. The average Bonchev–Trinajstić information content (AvgIpc) is 2.77. The number of halogens is 3. The number of unbranched alkanes of at least 4 members (excludes halogenated alkanes) is 1. The fourth-order valence-corrected chi connectivity index (χ4v) is 5.50. The van der Waals surface area contributed by atoms with Crippen LogP contribution in [-0.4, -0.2) is 0 Å². The van der Waals surface area contributed by atoms with Crippen molar-refractivity contribution in [3.05, 3.63) is 46.5 Å². The highest BCUT2D eigenvalue weighted by Crippen LogP contribution is 2.34. The molecule has 0 aliphatic heterocycles. The maximum absolute atomic E-state index is 14.6. The van der Waals surface area contributed by atoms with Gasteiger partial charge >= 0.3 is 0 Å². The molecule has 2 fully saturated rings. The Kier molecular flexibility index (Phi) is 9.92. The van der Waals surface area contributed by atoms with Crippen LogP contribution >= 0.6 is 11.6 Å². The van der Waals surface area contributed by atoms with Crippen molar-refractivity contribution in [2.45, 2.75) is 90.4 Å². The molecule has 0 saturated heterocycles. The van der Waals surface area contributed by atoms with Gasteiger partial charge in [0.2, 0.25) is 0 Å². The molecule has 3 heteroatoms. The van der Waals surface area contributed by atoms with Gasteiger partial charge in [0.15, 0.2) is 0 Å². The summed E-state index contributed by atoms with van der Waals surface area (Å²) in [5, 5.41) is 0. The van der Waals surface area contributed by atoms with Gasteiger partial charge in [0.25, 0.3) is 0 Å². The highest BCUT2D eigenvalue weighted by Gasteiger charge is 2.21. The predicted molar refractivity (Wildman–Crippen MR) is 127 cm³/mol. The first-order chi connectivity index (χ1) is 15.1. The molecule has 2 aliphatic carbocycles. The van der Waals surface area contributed by atoms with Crippen molar-refractivity contribution in [3.63, 3.8) is 0 Å². The molecule has 2 saturated carbocycles. The van der Waals surface area contributed by atoms with E-state index in [-0.39, 0.29) is 11.5 Å². The SMILES string of the molecule is CCCCC1CCC(CCc2cc(F)c(C#CC3CCC(C=CCl)CC3)c(F)c2)CC1. The first-order valence-corrected chi connectivity index (χ1v) is 12.8. The van der Waals surface area contributed by atoms with Crippen molar-refractivity contribution in [1.82, 2.24) is 0 Å². The van der Waals surface area contributed by atoms with Gasteiger partial charge in [-0.05, 0) is 74.0 Å². The molecule has 0 heterocycles. The Balaban J connectivity index is 1.50. The lowest BCUT2D eigenvalue weighted by Gasteiger charge is -2.28. The van der Waals surface area contributed by atoms with Gasteiger partial charge < -0.3 is 0 Å². The third kappa shape index (κ3) is 7.64. The largest absolute Gasteiger partial charge is 0.206 e. The highest BCUT2D eigenvalue weighted by molar-refractivity contribution is 6.25. The zero-order chi connectivity index (χ0) is 22.1.